The highest BCUT2D eigenvalue weighted by Gasteiger charge is 2.33. The van der Waals surface area contributed by atoms with E-state index in [0.29, 0.717) is 15.8 Å². The second kappa shape index (κ2) is 8.22. The molecule has 4 rings (SSSR count). The fourth-order valence-corrected chi connectivity index (χ4v) is 4.84. The van der Waals surface area contributed by atoms with E-state index < -0.39 is 17.6 Å². The molecule has 0 saturated carbocycles. The van der Waals surface area contributed by atoms with Gasteiger partial charge in [-0.3, -0.25) is 4.79 Å². The molecule has 1 fully saturated rings. The van der Waals surface area contributed by atoms with Crippen LogP contribution in [-0.2, 0) is 12.7 Å². The number of rotatable bonds is 4. The van der Waals surface area contributed by atoms with Gasteiger partial charge in [0.1, 0.15) is 17.0 Å². The summed E-state index contributed by atoms with van der Waals surface area (Å²) in [5.41, 5.74) is -0.266. The van der Waals surface area contributed by atoms with Gasteiger partial charge in [0.15, 0.2) is 0 Å². The standard InChI is InChI=1S/C21H21F3N4OS/c1-13-16(19(29)25-11-14-7-3-4-8-15(14)21(22,23)24)17-18(26-12-27-20(17)30-13)28-9-5-2-6-10-28/h3-4,7-8,12H,2,5-6,9-11H2,1H3,(H,25,29). The molecule has 30 heavy (non-hydrogen) atoms. The van der Waals surface area contributed by atoms with Crippen molar-refractivity contribution in [1.29, 1.82) is 0 Å². The molecule has 0 unspecified atom stereocenters. The quantitative estimate of drug-likeness (QED) is 0.632. The van der Waals surface area contributed by atoms with E-state index in [2.05, 4.69) is 20.2 Å². The number of aryl methyl sites for hydroxylation is 1. The number of aromatic nitrogens is 2. The number of benzene rings is 1. The van der Waals surface area contributed by atoms with Gasteiger partial charge in [-0.2, -0.15) is 13.2 Å². The summed E-state index contributed by atoms with van der Waals surface area (Å²) < 4.78 is 39.7. The second-order valence-electron chi connectivity index (χ2n) is 7.30. The van der Waals surface area contributed by atoms with E-state index >= 15 is 0 Å². The van der Waals surface area contributed by atoms with Gasteiger partial charge in [0.2, 0.25) is 0 Å². The van der Waals surface area contributed by atoms with Gasteiger partial charge in [0.25, 0.3) is 5.91 Å². The van der Waals surface area contributed by atoms with E-state index in [-0.39, 0.29) is 12.1 Å². The lowest BCUT2D eigenvalue weighted by atomic mass is 10.1. The smallest absolute Gasteiger partial charge is 0.356 e. The molecule has 1 amide bonds. The summed E-state index contributed by atoms with van der Waals surface area (Å²) >= 11 is 1.40. The van der Waals surface area contributed by atoms with Gasteiger partial charge in [-0.15, -0.1) is 11.3 Å². The Hall–Kier alpha value is -2.68. The molecular formula is C21H21F3N4OS. The number of thiophene rings is 1. The lowest BCUT2D eigenvalue weighted by Crippen LogP contribution is -2.31. The predicted octanol–water partition coefficient (Wildman–Crippen LogP) is 4.94. The highest BCUT2D eigenvalue weighted by molar-refractivity contribution is 7.19. The van der Waals surface area contributed by atoms with Crippen LogP contribution < -0.4 is 10.2 Å². The number of nitrogens with one attached hydrogen (secondary N) is 1. The zero-order valence-electron chi connectivity index (χ0n) is 16.4. The molecule has 0 bridgehead atoms. The van der Waals surface area contributed by atoms with Gasteiger partial charge in [0, 0.05) is 24.5 Å². The Morgan fingerprint density at radius 3 is 2.63 bits per heavy atom. The van der Waals surface area contributed by atoms with Crippen LogP contribution in [0.15, 0.2) is 30.6 Å². The molecule has 0 radical (unpaired) electrons. The van der Waals surface area contributed by atoms with Gasteiger partial charge in [0.05, 0.1) is 16.5 Å². The van der Waals surface area contributed by atoms with Crippen molar-refractivity contribution in [2.45, 2.75) is 38.9 Å². The third kappa shape index (κ3) is 3.98. The summed E-state index contributed by atoms with van der Waals surface area (Å²) in [5.74, 6) is 0.314. The van der Waals surface area contributed by atoms with Crippen LogP contribution in [0.25, 0.3) is 10.2 Å². The molecule has 2 aromatic heterocycles. The number of halogens is 3. The number of nitrogens with zero attached hydrogens (tertiary/aromatic N) is 3. The van der Waals surface area contributed by atoms with Gasteiger partial charge in [-0.05, 0) is 37.8 Å². The number of alkyl halides is 3. The van der Waals surface area contributed by atoms with Crippen molar-refractivity contribution in [3.63, 3.8) is 0 Å². The maximum absolute atomic E-state index is 13.2. The molecule has 0 atom stereocenters. The molecule has 1 saturated heterocycles. The highest BCUT2D eigenvalue weighted by Crippen LogP contribution is 2.36. The predicted molar refractivity (Wildman–Crippen MR) is 111 cm³/mol. The molecule has 3 heterocycles. The Bertz CT molecular complexity index is 1070. The van der Waals surface area contributed by atoms with E-state index in [9.17, 15) is 18.0 Å². The molecule has 1 aliphatic rings. The molecule has 1 aliphatic heterocycles. The van der Waals surface area contributed by atoms with Gasteiger partial charge >= 0.3 is 6.18 Å². The van der Waals surface area contributed by atoms with Crippen molar-refractivity contribution in [1.82, 2.24) is 15.3 Å². The molecule has 9 heteroatoms. The molecule has 0 aliphatic carbocycles. The maximum atomic E-state index is 13.2. The summed E-state index contributed by atoms with van der Waals surface area (Å²) in [6, 6.07) is 5.27. The average molecular weight is 434 g/mol. The number of amides is 1. The van der Waals surface area contributed by atoms with Crippen molar-refractivity contribution in [2.75, 3.05) is 18.0 Å². The van der Waals surface area contributed by atoms with Crippen LogP contribution in [0.2, 0.25) is 0 Å². The van der Waals surface area contributed by atoms with E-state index in [4.69, 9.17) is 0 Å². The monoisotopic (exact) mass is 434 g/mol. The van der Waals surface area contributed by atoms with E-state index in [1.54, 1.807) is 0 Å². The zero-order chi connectivity index (χ0) is 21.3. The largest absolute Gasteiger partial charge is 0.416 e. The van der Waals surface area contributed by atoms with Crippen LogP contribution in [0.4, 0.5) is 19.0 Å². The fraction of sp³-hybridized carbons (Fsp3) is 0.381. The lowest BCUT2D eigenvalue weighted by Gasteiger charge is -2.28. The first kappa shape index (κ1) is 20.6. The number of anilines is 1. The molecular weight excluding hydrogens is 413 g/mol. The SMILES string of the molecule is Cc1sc2ncnc(N3CCCCC3)c2c1C(=O)NCc1ccccc1C(F)(F)F. The van der Waals surface area contributed by atoms with E-state index in [0.717, 1.165) is 42.7 Å². The van der Waals surface area contributed by atoms with Crippen molar-refractivity contribution in [2.24, 2.45) is 0 Å². The minimum Gasteiger partial charge on any atom is -0.356 e. The van der Waals surface area contributed by atoms with Crippen LogP contribution in [0.3, 0.4) is 0 Å². The zero-order valence-corrected chi connectivity index (χ0v) is 17.2. The minimum absolute atomic E-state index is 0.0306. The first-order valence-corrected chi connectivity index (χ1v) is 10.6. The molecule has 1 N–H and O–H groups in total. The third-order valence-electron chi connectivity index (χ3n) is 5.29. The number of carbonyl (C=O) groups is 1. The van der Waals surface area contributed by atoms with E-state index in [1.165, 1.54) is 42.3 Å². The Kier molecular flexibility index (Phi) is 5.64. The summed E-state index contributed by atoms with van der Waals surface area (Å²) in [7, 11) is 0. The summed E-state index contributed by atoms with van der Waals surface area (Å²) in [5, 5.41) is 3.35. The maximum Gasteiger partial charge on any atom is 0.416 e. The van der Waals surface area contributed by atoms with Crippen LogP contribution >= 0.6 is 11.3 Å². The molecule has 158 valence electrons. The van der Waals surface area contributed by atoms with Gasteiger partial charge in [-0.25, -0.2) is 9.97 Å². The molecule has 1 aromatic carbocycles. The third-order valence-corrected chi connectivity index (χ3v) is 6.30. The second-order valence-corrected chi connectivity index (χ2v) is 8.50. The summed E-state index contributed by atoms with van der Waals surface area (Å²) in [4.78, 5) is 25.5. The first-order valence-electron chi connectivity index (χ1n) is 9.78. The fourth-order valence-electron chi connectivity index (χ4n) is 3.86. The first-order chi connectivity index (χ1) is 14.4. The van der Waals surface area contributed by atoms with Crippen LogP contribution in [0.5, 0.6) is 0 Å². The van der Waals surface area contributed by atoms with Crippen LogP contribution in [0.1, 0.15) is 45.6 Å². The topological polar surface area (TPSA) is 58.1 Å². The Balaban J connectivity index is 1.65. The Morgan fingerprint density at radius 1 is 1.17 bits per heavy atom. The van der Waals surface area contributed by atoms with Crippen molar-refractivity contribution in [3.8, 4) is 0 Å². The van der Waals surface area contributed by atoms with Crippen LogP contribution in [-0.4, -0.2) is 29.0 Å². The minimum atomic E-state index is -4.47. The highest BCUT2D eigenvalue weighted by atomic mass is 32.1. The average Bonchev–Trinajstić information content (AvgIpc) is 3.08. The lowest BCUT2D eigenvalue weighted by molar-refractivity contribution is -0.138. The van der Waals surface area contributed by atoms with Crippen molar-refractivity contribution < 1.29 is 18.0 Å². The Labute approximate surface area is 175 Å². The summed E-state index contributed by atoms with van der Waals surface area (Å²) in [6.07, 6.45) is 0.319. The number of hydrogen-bond acceptors (Lipinski definition) is 5. The number of piperidine rings is 1. The van der Waals surface area contributed by atoms with E-state index in [1.807, 2.05) is 6.92 Å². The molecule has 5 nitrogen and oxygen atoms in total. The Morgan fingerprint density at radius 2 is 1.90 bits per heavy atom. The normalized spacial score (nSPS) is 14.9. The van der Waals surface area contributed by atoms with Crippen LogP contribution in [0, 0.1) is 6.92 Å². The van der Waals surface area contributed by atoms with Gasteiger partial charge < -0.3 is 10.2 Å². The van der Waals surface area contributed by atoms with Crippen molar-refractivity contribution >= 4 is 33.3 Å². The number of hydrogen-bond donors (Lipinski definition) is 1. The van der Waals surface area contributed by atoms with Crippen molar-refractivity contribution in [3.05, 3.63) is 52.2 Å². The number of carbonyl (C=O) groups excluding carboxylic acids is 1. The molecule has 3 aromatic rings. The molecule has 0 spiro atoms. The summed E-state index contributed by atoms with van der Waals surface area (Å²) in [6.45, 7) is 3.34. The number of fused-ring (bicyclic) bond motifs is 1. The van der Waals surface area contributed by atoms with Gasteiger partial charge in [-0.1, -0.05) is 18.2 Å².